The molecule has 0 saturated carbocycles. The van der Waals surface area contributed by atoms with Crippen molar-refractivity contribution in [2.45, 2.75) is 26.9 Å². The lowest BCUT2D eigenvalue weighted by Crippen LogP contribution is -2.35. The highest BCUT2D eigenvalue weighted by atomic mass is 16.5. The molecule has 16 heavy (non-hydrogen) atoms. The van der Waals surface area contributed by atoms with Crippen LogP contribution in [0.3, 0.4) is 0 Å². The molecule has 4 N–H and O–H groups in total. The van der Waals surface area contributed by atoms with Crippen LogP contribution in [0.5, 0.6) is 0 Å². The van der Waals surface area contributed by atoms with Crippen LogP contribution < -0.4 is 16.4 Å². The topological polar surface area (TPSA) is 76.4 Å². The van der Waals surface area contributed by atoms with Gasteiger partial charge in [-0.2, -0.15) is 0 Å². The van der Waals surface area contributed by atoms with E-state index in [1.807, 2.05) is 20.8 Å². The Morgan fingerprint density at radius 3 is 2.38 bits per heavy atom. The van der Waals surface area contributed by atoms with Crippen molar-refractivity contribution >= 4 is 5.97 Å². The maximum atomic E-state index is 11.4. The van der Waals surface area contributed by atoms with Gasteiger partial charge in [-0.1, -0.05) is 6.92 Å². The SMILES string of the molecule is CC(C)OC(=O)C(C)CNCCNCCN. The van der Waals surface area contributed by atoms with Crippen molar-refractivity contribution in [3.05, 3.63) is 0 Å². The van der Waals surface area contributed by atoms with Crippen LogP contribution in [0.4, 0.5) is 0 Å². The maximum Gasteiger partial charge on any atom is 0.310 e. The Morgan fingerprint density at radius 1 is 1.19 bits per heavy atom. The van der Waals surface area contributed by atoms with E-state index in [1.54, 1.807) is 0 Å². The van der Waals surface area contributed by atoms with Gasteiger partial charge in [-0.3, -0.25) is 4.79 Å². The standard InChI is InChI=1S/C11H25N3O2/c1-9(2)16-11(15)10(3)8-14-7-6-13-5-4-12/h9-10,13-14H,4-8,12H2,1-3H3. The molecular formula is C11H25N3O2. The summed E-state index contributed by atoms with van der Waals surface area (Å²) in [7, 11) is 0. The second kappa shape index (κ2) is 9.57. The molecule has 5 nitrogen and oxygen atoms in total. The van der Waals surface area contributed by atoms with Gasteiger partial charge in [0, 0.05) is 32.7 Å². The van der Waals surface area contributed by atoms with Gasteiger partial charge in [0.05, 0.1) is 12.0 Å². The molecule has 1 unspecified atom stereocenters. The van der Waals surface area contributed by atoms with Gasteiger partial charge in [0.15, 0.2) is 0 Å². The van der Waals surface area contributed by atoms with Crippen LogP contribution in [0.25, 0.3) is 0 Å². The average molecular weight is 231 g/mol. The molecule has 0 aliphatic carbocycles. The number of hydrogen-bond acceptors (Lipinski definition) is 5. The van der Waals surface area contributed by atoms with Crippen molar-refractivity contribution in [3.8, 4) is 0 Å². The number of rotatable bonds is 9. The summed E-state index contributed by atoms with van der Waals surface area (Å²) in [5, 5.41) is 6.36. The number of esters is 1. The third-order valence-corrected chi connectivity index (χ3v) is 2.00. The Bertz CT molecular complexity index is 186. The lowest BCUT2D eigenvalue weighted by atomic mass is 10.2. The van der Waals surface area contributed by atoms with Crippen molar-refractivity contribution in [1.29, 1.82) is 0 Å². The van der Waals surface area contributed by atoms with E-state index in [1.165, 1.54) is 0 Å². The predicted molar refractivity (Wildman–Crippen MR) is 65.2 cm³/mol. The van der Waals surface area contributed by atoms with E-state index in [0.29, 0.717) is 13.1 Å². The highest BCUT2D eigenvalue weighted by molar-refractivity contribution is 5.72. The molecule has 0 aliphatic rings. The largest absolute Gasteiger partial charge is 0.463 e. The molecule has 5 heteroatoms. The van der Waals surface area contributed by atoms with Crippen molar-refractivity contribution < 1.29 is 9.53 Å². The Labute approximate surface area is 98.1 Å². The van der Waals surface area contributed by atoms with Crippen LogP contribution in [0.1, 0.15) is 20.8 Å². The molecule has 0 aromatic heterocycles. The third-order valence-electron chi connectivity index (χ3n) is 2.00. The normalized spacial score (nSPS) is 12.8. The molecular weight excluding hydrogens is 206 g/mol. The van der Waals surface area contributed by atoms with Gasteiger partial charge >= 0.3 is 5.97 Å². The van der Waals surface area contributed by atoms with Gasteiger partial charge < -0.3 is 21.1 Å². The number of hydrogen-bond donors (Lipinski definition) is 3. The Kier molecular flexibility index (Phi) is 9.18. The van der Waals surface area contributed by atoms with Crippen molar-refractivity contribution in [1.82, 2.24) is 10.6 Å². The number of carbonyl (C=O) groups is 1. The van der Waals surface area contributed by atoms with E-state index in [2.05, 4.69) is 10.6 Å². The van der Waals surface area contributed by atoms with Gasteiger partial charge in [-0.05, 0) is 13.8 Å². The first kappa shape index (κ1) is 15.3. The summed E-state index contributed by atoms with van der Waals surface area (Å²) in [5.41, 5.74) is 5.33. The number of nitrogens with one attached hydrogen (secondary N) is 2. The summed E-state index contributed by atoms with van der Waals surface area (Å²) < 4.78 is 5.10. The quantitative estimate of drug-likeness (QED) is 0.375. The second-order valence-electron chi connectivity index (χ2n) is 4.13. The van der Waals surface area contributed by atoms with Crippen molar-refractivity contribution in [2.24, 2.45) is 11.7 Å². The number of carbonyl (C=O) groups excluding carboxylic acids is 1. The molecule has 0 saturated heterocycles. The summed E-state index contributed by atoms with van der Waals surface area (Å²) in [6.45, 7) is 9.40. The molecule has 1 atom stereocenters. The molecule has 96 valence electrons. The minimum absolute atomic E-state index is 0.0406. The van der Waals surface area contributed by atoms with Crippen LogP contribution in [0, 0.1) is 5.92 Å². The van der Waals surface area contributed by atoms with Gasteiger partial charge in [0.2, 0.25) is 0 Å². The average Bonchev–Trinajstić information content (AvgIpc) is 2.21. The van der Waals surface area contributed by atoms with Crippen LogP contribution >= 0.6 is 0 Å². The highest BCUT2D eigenvalue weighted by Gasteiger charge is 2.14. The molecule has 0 fully saturated rings. The first-order valence-corrected chi connectivity index (χ1v) is 5.90. The highest BCUT2D eigenvalue weighted by Crippen LogP contribution is 1.99. The lowest BCUT2D eigenvalue weighted by molar-refractivity contribution is -0.151. The molecule has 0 amide bonds. The monoisotopic (exact) mass is 231 g/mol. The first-order chi connectivity index (χ1) is 7.57. The zero-order valence-corrected chi connectivity index (χ0v) is 10.6. The maximum absolute atomic E-state index is 11.4. The van der Waals surface area contributed by atoms with E-state index >= 15 is 0 Å². The summed E-state index contributed by atoms with van der Waals surface area (Å²) >= 11 is 0. The summed E-state index contributed by atoms with van der Waals surface area (Å²) in [6.07, 6.45) is -0.0406. The molecule has 0 aliphatic heterocycles. The molecule has 0 spiro atoms. The summed E-state index contributed by atoms with van der Waals surface area (Å²) in [5.74, 6) is -0.241. The predicted octanol–water partition coefficient (Wildman–Crippen LogP) is -0.288. The molecule has 0 heterocycles. The Balaban J connectivity index is 3.42. The van der Waals surface area contributed by atoms with E-state index < -0.39 is 0 Å². The fourth-order valence-corrected chi connectivity index (χ4v) is 1.15. The minimum atomic E-state index is -0.141. The molecule has 0 rings (SSSR count). The minimum Gasteiger partial charge on any atom is -0.463 e. The molecule has 0 aromatic carbocycles. The van der Waals surface area contributed by atoms with Crippen LogP contribution in [0.15, 0.2) is 0 Å². The van der Waals surface area contributed by atoms with Gasteiger partial charge in [0.1, 0.15) is 0 Å². The van der Waals surface area contributed by atoms with Crippen LogP contribution in [0.2, 0.25) is 0 Å². The molecule has 0 bridgehead atoms. The van der Waals surface area contributed by atoms with Gasteiger partial charge in [0.25, 0.3) is 0 Å². The smallest absolute Gasteiger partial charge is 0.310 e. The fraction of sp³-hybridized carbons (Fsp3) is 0.909. The lowest BCUT2D eigenvalue weighted by Gasteiger charge is -2.14. The number of ether oxygens (including phenoxy) is 1. The van der Waals surface area contributed by atoms with E-state index in [4.69, 9.17) is 10.5 Å². The van der Waals surface area contributed by atoms with Gasteiger partial charge in [-0.15, -0.1) is 0 Å². The van der Waals surface area contributed by atoms with Crippen LogP contribution in [-0.2, 0) is 9.53 Å². The molecule has 0 radical (unpaired) electrons. The van der Waals surface area contributed by atoms with Crippen molar-refractivity contribution in [3.63, 3.8) is 0 Å². The zero-order valence-electron chi connectivity index (χ0n) is 10.6. The van der Waals surface area contributed by atoms with Gasteiger partial charge in [-0.25, -0.2) is 0 Å². The molecule has 0 aromatic rings. The van der Waals surface area contributed by atoms with Crippen molar-refractivity contribution in [2.75, 3.05) is 32.7 Å². The second-order valence-corrected chi connectivity index (χ2v) is 4.13. The fourth-order valence-electron chi connectivity index (χ4n) is 1.15. The van der Waals surface area contributed by atoms with Crippen LogP contribution in [-0.4, -0.2) is 44.8 Å². The van der Waals surface area contributed by atoms with E-state index in [-0.39, 0.29) is 18.0 Å². The first-order valence-electron chi connectivity index (χ1n) is 5.90. The summed E-state index contributed by atoms with van der Waals surface area (Å²) in [6, 6.07) is 0. The van der Waals surface area contributed by atoms with E-state index in [0.717, 1.165) is 19.6 Å². The van der Waals surface area contributed by atoms with E-state index in [9.17, 15) is 4.79 Å². The Morgan fingerprint density at radius 2 is 1.81 bits per heavy atom. The number of nitrogens with two attached hydrogens (primary N) is 1. The summed E-state index contributed by atoms with van der Waals surface area (Å²) in [4.78, 5) is 11.4. The third kappa shape index (κ3) is 8.64. The Hall–Kier alpha value is -0.650. The zero-order chi connectivity index (χ0) is 12.4.